The predicted molar refractivity (Wildman–Crippen MR) is 81.9 cm³/mol. The third-order valence-corrected chi connectivity index (χ3v) is 2.96. The van der Waals surface area contributed by atoms with Crippen LogP contribution in [0, 0.1) is 11.6 Å². The van der Waals surface area contributed by atoms with Crippen LogP contribution in [0.5, 0.6) is 5.75 Å². The first-order valence-electron chi connectivity index (χ1n) is 6.66. The Labute approximate surface area is 123 Å². The Balaban J connectivity index is 2.38. The van der Waals surface area contributed by atoms with Crippen LogP contribution in [0.2, 0.25) is 0 Å². The van der Waals surface area contributed by atoms with E-state index in [2.05, 4.69) is 0 Å². The Bertz CT molecular complexity index is 670. The molecule has 0 unspecified atom stereocenters. The van der Waals surface area contributed by atoms with Crippen LogP contribution in [0.1, 0.15) is 19.4 Å². The van der Waals surface area contributed by atoms with E-state index in [0.29, 0.717) is 5.56 Å². The maximum Gasteiger partial charge on any atom is 0.201 e. The summed E-state index contributed by atoms with van der Waals surface area (Å²) in [7, 11) is 0. The van der Waals surface area contributed by atoms with E-state index in [4.69, 9.17) is 4.74 Å². The SMILES string of the molecule is CC=COc1ccc(-c2ccc(C=CC)cc2)c(F)c1F. The minimum Gasteiger partial charge on any atom is -0.462 e. The molecule has 0 N–H and O–H groups in total. The van der Waals surface area contributed by atoms with Gasteiger partial charge in [0.25, 0.3) is 0 Å². The summed E-state index contributed by atoms with van der Waals surface area (Å²) in [6.07, 6.45) is 6.77. The van der Waals surface area contributed by atoms with Gasteiger partial charge in [-0.05, 0) is 37.1 Å². The Morgan fingerprint density at radius 2 is 1.57 bits per heavy atom. The lowest BCUT2D eigenvalue weighted by Gasteiger charge is -2.08. The van der Waals surface area contributed by atoms with Gasteiger partial charge in [0.1, 0.15) is 0 Å². The van der Waals surface area contributed by atoms with E-state index >= 15 is 0 Å². The summed E-state index contributed by atoms with van der Waals surface area (Å²) in [5.74, 6) is -2.01. The van der Waals surface area contributed by atoms with E-state index in [1.807, 2.05) is 31.2 Å². The second kappa shape index (κ2) is 6.84. The van der Waals surface area contributed by atoms with Crippen LogP contribution in [0.4, 0.5) is 8.78 Å². The van der Waals surface area contributed by atoms with Crippen LogP contribution < -0.4 is 4.74 Å². The van der Waals surface area contributed by atoms with Gasteiger partial charge in [0, 0.05) is 5.56 Å². The van der Waals surface area contributed by atoms with Crippen molar-refractivity contribution in [3.8, 4) is 16.9 Å². The molecule has 108 valence electrons. The lowest BCUT2D eigenvalue weighted by atomic mass is 10.0. The van der Waals surface area contributed by atoms with Crippen molar-refractivity contribution in [2.24, 2.45) is 0 Å². The largest absolute Gasteiger partial charge is 0.462 e. The minimum atomic E-state index is -0.983. The van der Waals surface area contributed by atoms with Crippen molar-refractivity contribution in [3.63, 3.8) is 0 Å². The van der Waals surface area contributed by atoms with Gasteiger partial charge in [0.15, 0.2) is 11.6 Å². The zero-order valence-electron chi connectivity index (χ0n) is 11.9. The molecule has 3 heteroatoms. The molecule has 0 heterocycles. The number of hydrogen-bond donors (Lipinski definition) is 0. The molecule has 0 aliphatic carbocycles. The van der Waals surface area contributed by atoms with Gasteiger partial charge in [-0.3, -0.25) is 0 Å². The molecular formula is C18H16F2O. The summed E-state index contributed by atoms with van der Waals surface area (Å²) in [5, 5.41) is 0. The van der Waals surface area contributed by atoms with Gasteiger partial charge in [-0.2, -0.15) is 4.39 Å². The molecule has 1 nitrogen and oxygen atoms in total. The molecule has 2 rings (SSSR count). The van der Waals surface area contributed by atoms with Gasteiger partial charge >= 0.3 is 0 Å². The Morgan fingerprint density at radius 3 is 2.19 bits per heavy atom. The van der Waals surface area contributed by atoms with Crippen LogP contribution >= 0.6 is 0 Å². The third-order valence-electron chi connectivity index (χ3n) is 2.96. The fourth-order valence-electron chi connectivity index (χ4n) is 1.95. The number of ether oxygens (including phenoxy) is 1. The lowest BCUT2D eigenvalue weighted by molar-refractivity contribution is 0.415. The molecular weight excluding hydrogens is 270 g/mol. The molecule has 0 spiro atoms. The molecule has 0 saturated carbocycles. The van der Waals surface area contributed by atoms with E-state index in [-0.39, 0.29) is 11.3 Å². The van der Waals surface area contributed by atoms with Gasteiger partial charge in [0.2, 0.25) is 5.82 Å². The van der Waals surface area contributed by atoms with E-state index < -0.39 is 11.6 Å². The molecule has 0 aliphatic heterocycles. The number of rotatable bonds is 4. The van der Waals surface area contributed by atoms with Gasteiger partial charge in [-0.25, -0.2) is 4.39 Å². The highest BCUT2D eigenvalue weighted by Gasteiger charge is 2.15. The number of hydrogen-bond acceptors (Lipinski definition) is 1. The van der Waals surface area contributed by atoms with Crippen molar-refractivity contribution in [1.82, 2.24) is 0 Å². The van der Waals surface area contributed by atoms with Gasteiger partial charge in [0.05, 0.1) is 6.26 Å². The minimum absolute atomic E-state index is 0.125. The van der Waals surface area contributed by atoms with Crippen molar-refractivity contribution >= 4 is 6.08 Å². The average Bonchev–Trinajstić information content (AvgIpc) is 2.50. The van der Waals surface area contributed by atoms with Crippen molar-refractivity contribution in [1.29, 1.82) is 0 Å². The summed E-state index contributed by atoms with van der Waals surface area (Å²) < 4.78 is 33.1. The molecule has 0 aliphatic rings. The van der Waals surface area contributed by atoms with E-state index in [9.17, 15) is 8.78 Å². The smallest absolute Gasteiger partial charge is 0.201 e. The van der Waals surface area contributed by atoms with Gasteiger partial charge in [-0.1, -0.05) is 42.5 Å². The first-order chi connectivity index (χ1) is 10.2. The van der Waals surface area contributed by atoms with Gasteiger partial charge in [-0.15, -0.1) is 0 Å². The summed E-state index contributed by atoms with van der Waals surface area (Å²) in [4.78, 5) is 0. The second-order valence-electron chi connectivity index (χ2n) is 4.45. The van der Waals surface area contributed by atoms with E-state index in [0.717, 1.165) is 5.56 Å². The molecule has 2 aromatic carbocycles. The van der Waals surface area contributed by atoms with Crippen molar-refractivity contribution in [3.05, 3.63) is 72.0 Å². The summed E-state index contributed by atoms with van der Waals surface area (Å²) in [6.45, 7) is 3.65. The molecule has 2 aromatic rings. The highest BCUT2D eigenvalue weighted by atomic mass is 19.2. The first-order valence-corrected chi connectivity index (χ1v) is 6.66. The van der Waals surface area contributed by atoms with Crippen LogP contribution in [0.3, 0.4) is 0 Å². The van der Waals surface area contributed by atoms with Crippen molar-refractivity contribution in [2.75, 3.05) is 0 Å². The third kappa shape index (κ3) is 3.37. The number of allylic oxidation sites excluding steroid dienone is 2. The van der Waals surface area contributed by atoms with Crippen molar-refractivity contribution in [2.45, 2.75) is 13.8 Å². The Morgan fingerprint density at radius 1 is 0.857 bits per heavy atom. The normalized spacial score (nSPS) is 11.4. The molecule has 0 atom stereocenters. The molecule has 21 heavy (non-hydrogen) atoms. The molecule has 0 bridgehead atoms. The molecule has 0 aromatic heterocycles. The molecule has 0 fully saturated rings. The first kappa shape index (κ1) is 15.0. The summed E-state index contributed by atoms with van der Waals surface area (Å²) in [5.41, 5.74) is 1.85. The second-order valence-corrected chi connectivity index (χ2v) is 4.45. The molecule has 0 radical (unpaired) electrons. The Kier molecular flexibility index (Phi) is 4.88. The fourth-order valence-corrected chi connectivity index (χ4v) is 1.95. The van der Waals surface area contributed by atoms with Crippen LogP contribution in [0.15, 0.2) is 54.8 Å². The standard InChI is InChI=1S/C18H16F2O/c1-3-5-13-6-8-14(9-7-13)15-10-11-16(21-12-4-2)18(20)17(15)19/h3-12H,1-2H3. The average molecular weight is 286 g/mol. The maximum atomic E-state index is 14.1. The molecule has 0 amide bonds. The van der Waals surface area contributed by atoms with Crippen LogP contribution in [-0.2, 0) is 0 Å². The Hall–Kier alpha value is -2.42. The van der Waals surface area contributed by atoms with E-state index in [1.165, 1.54) is 18.4 Å². The van der Waals surface area contributed by atoms with Crippen LogP contribution in [-0.4, -0.2) is 0 Å². The quantitative estimate of drug-likeness (QED) is 0.667. The van der Waals surface area contributed by atoms with E-state index in [1.54, 1.807) is 25.1 Å². The van der Waals surface area contributed by atoms with Gasteiger partial charge < -0.3 is 4.74 Å². The zero-order valence-corrected chi connectivity index (χ0v) is 11.9. The highest BCUT2D eigenvalue weighted by molar-refractivity contribution is 5.67. The zero-order chi connectivity index (χ0) is 15.2. The molecule has 0 saturated heterocycles. The number of benzene rings is 2. The summed E-state index contributed by atoms with van der Waals surface area (Å²) >= 11 is 0. The lowest BCUT2D eigenvalue weighted by Crippen LogP contribution is -1.94. The highest BCUT2D eigenvalue weighted by Crippen LogP contribution is 2.30. The topological polar surface area (TPSA) is 9.23 Å². The predicted octanol–water partition coefficient (Wildman–Crippen LogP) is 5.58. The fraction of sp³-hybridized carbons (Fsp3) is 0.111. The number of halogens is 2. The van der Waals surface area contributed by atoms with Crippen molar-refractivity contribution < 1.29 is 13.5 Å². The van der Waals surface area contributed by atoms with Crippen LogP contribution in [0.25, 0.3) is 17.2 Å². The summed E-state index contributed by atoms with van der Waals surface area (Å²) in [6, 6.07) is 10.2. The monoisotopic (exact) mass is 286 g/mol. The maximum absolute atomic E-state index is 14.1.